The van der Waals surface area contributed by atoms with E-state index in [1.54, 1.807) is 0 Å². The van der Waals surface area contributed by atoms with E-state index in [-0.39, 0.29) is 0 Å². The van der Waals surface area contributed by atoms with Gasteiger partial charge in [-0.05, 0) is 38.6 Å². The van der Waals surface area contributed by atoms with Crippen LogP contribution >= 0.6 is 15.9 Å². The van der Waals surface area contributed by atoms with Crippen LogP contribution in [0, 0.1) is 0 Å². The number of ether oxygens (including phenoxy) is 1. The summed E-state index contributed by atoms with van der Waals surface area (Å²) in [4.78, 5) is 2.68. The van der Waals surface area contributed by atoms with Gasteiger partial charge in [0.15, 0.2) is 0 Å². The van der Waals surface area contributed by atoms with Crippen molar-refractivity contribution in [3.8, 4) is 0 Å². The highest BCUT2D eigenvalue weighted by Gasteiger charge is 2.22. The van der Waals surface area contributed by atoms with Gasteiger partial charge in [0.2, 0.25) is 0 Å². The van der Waals surface area contributed by atoms with E-state index < -0.39 is 0 Å². The summed E-state index contributed by atoms with van der Waals surface area (Å²) >= 11 is 3.67. The summed E-state index contributed by atoms with van der Waals surface area (Å²) in [5.74, 6) is 0. The third kappa shape index (κ3) is 3.71. The van der Waals surface area contributed by atoms with E-state index >= 15 is 0 Å². The minimum absolute atomic E-state index is 0.555. The Morgan fingerprint density at radius 3 is 2.81 bits per heavy atom. The molecular formula is C13H24BrNO. The Morgan fingerprint density at radius 1 is 1.12 bits per heavy atom. The SMILES string of the molecule is BrCC1CCCCCN1CCC1CCCO1. The van der Waals surface area contributed by atoms with E-state index in [1.165, 1.54) is 58.0 Å². The van der Waals surface area contributed by atoms with Gasteiger partial charge in [-0.3, -0.25) is 4.90 Å². The zero-order valence-corrected chi connectivity index (χ0v) is 11.8. The molecular weight excluding hydrogens is 266 g/mol. The summed E-state index contributed by atoms with van der Waals surface area (Å²) in [5.41, 5.74) is 0. The van der Waals surface area contributed by atoms with Crippen LogP contribution in [0.2, 0.25) is 0 Å². The van der Waals surface area contributed by atoms with Crippen LogP contribution in [0.4, 0.5) is 0 Å². The fourth-order valence-electron chi connectivity index (χ4n) is 2.89. The third-order valence-corrected chi connectivity index (χ3v) is 4.69. The van der Waals surface area contributed by atoms with Crippen molar-refractivity contribution >= 4 is 15.9 Å². The molecule has 0 aromatic carbocycles. The smallest absolute Gasteiger partial charge is 0.0588 e. The average Bonchev–Trinajstić information content (AvgIpc) is 2.71. The molecule has 0 aromatic heterocycles. The summed E-state index contributed by atoms with van der Waals surface area (Å²) in [5, 5.41) is 1.14. The first-order valence-corrected chi connectivity index (χ1v) is 7.94. The third-order valence-electron chi connectivity index (χ3n) is 3.94. The predicted octanol–water partition coefficient (Wildman–Crippen LogP) is 3.20. The number of hydrogen-bond donors (Lipinski definition) is 0. The van der Waals surface area contributed by atoms with Crippen LogP contribution in [0.1, 0.15) is 44.9 Å². The van der Waals surface area contributed by atoms with Gasteiger partial charge in [-0.1, -0.05) is 28.8 Å². The summed E-state index contributed by atoms with van der Waals surface area (Å²) < 4.78 is 5.71. The molecule has 0 aliphatic carbocycles. The topological polar surface area (TPSA) is 12.5 Å². The van der Waals surface area contributed by atoms with Crippen molar-refractivity contribution in [1.82, 2.24) is 4.90 Å². The molecule has 2 rings (SSSR count). The van der Waals surface area contributed by atoms with Crippen molar-refractivity contribution in [3.05, 3.63) is 0 Å². The number of nitrogens with zero attached hydrogens (tertiary/aromatic N) is 1. The predicted molar refractivity (Wildman–Crippen MR) is 71.2 cm³/mol. The Labute approximate surface area is 108 Å². The van der Waals surface area contributed by atoms with Gasteiger partial charge in [-0.25, -0.2) is 0 Å². The van der Waals surface area contributed by atoms with E-state index in [9.17, 15) is 0 Å². The lowest BCUT2D eigenvalue weighted by Crippen LogP contribution is -2.37. The lowest BCUT2D eigenvalue weighted by Gasteiger charge is -2.29. The number of hydrogen-bond acceptors (Lipinski definition) is 2. The Kier molecular flexibility index (Phi) is 5.60. The maximum atomic E-state index is 5.71. The molecule has 0 radical (unpaired) electrons. The highest BCUT2D eigenvalue weighted by Crippen LogP contribution is 2.21. The van der Waals surface area contributed by atoms with Crippen LogP contribution in [0.25, 0.3) is 0 Å². The first kappa shape index (κ1) is 12.8. The lowest BCUT2D eigenvalue weighted by molar-refractivity contribution is 0.0867. The molecule has 0 N–H and O–H groups in total. The minimum Gasteiger partial charge on any atom is -0.378 e. The second-order valence-corrected chi connectivity index (χ2v) is 5.76. The number of alkyl halides is 1. The summed E-state index contributed by atoms with van der Waals surface area (Å²) in [6.45, 7) is 3.52. The molecule has 2 saturated heterocycles. The molecule has 3 heteroatoms. The Bertz CT molecular complexity index is 194. The van der Waals surface area contributed by atoms with Crippen LogP contribution in [-0.2, 0) is 4.74 Å². The van der Waals surface area contributed by atoms with E-state index in [1.807, 2.05) is 0 Å². The van der Waals surface area contributed by atoms with E-state index in [4.69, 9.17) is 4.74 Å². The van der Waals surface area contributed by atoms with Gasteiger partial charge >= 0.3 is 0 Å². The normalized spacial score (nSPS) is 32.8. The van der Waals surface area contributed by atoms with Crippen LogP contribution < -0.4 is 0 Å². The van der Waals surface area contributed by atoms with Gasteiger partial charge in [-0.2, -0.15) is 0 Å². The van der Waals surface area contributed by atoms with Crippen LogP contribution in [0.15, 0.2) is 0 Å². The standard InChI is InChI=1S/C13H24BrNO/c14-11-12-5-2-1-3-8-15(12)9-7-13-6-4-10-16-13/h12-13H,1-11H2. The van der Waals surface area contributed by atoms with Crippen molar-refractivity contribution in [2.45, 2.75) is 57.1 Å². The van der Waals surface area contributed by atoms with Gasteiger partial charge < -0.3 is 4.74 Å². The van der Waals surface area contributed by atoms with Crippen LogP contribution in [0.3, 0.4) is 0 Å². The average molecular weight is 290 g/mol. The van der Waals surface area contributed by atoms with Gasteiger partial charge in [0, 0.05) is 24.5 Å². The number of rotatable bonds is 4. The van der Waals surface area contributed by atoms with E-state index in [2.05, 4.69) is 20.8 Å². The van der Waals surface area contributed by atoms with E-state index in [0.717, 1.165) is 18.0 Å². The molecule has 0 bridgehead atoms. The van der Waals surface area contributed by atoms with E-state index in [0.29, 0.717) is 6.10 Å². The highest BCUT2D eigenvalue weighted by atomic mass is 79.9. The maximum Gasteiger partial charge on any atom is 0.0588 e. The van der Waals surface area contributed by atoms with Gasteiger partial charge in [0.1, 0.15) is 0 Å². The highest BCUT2D eigenvalue weighted by molar-refractivity contribution is 9.09. The molecule has 2 unspecified atom stereocenters. The van der Waals surface area contributed by atoms with Crippen molar-refractivity contribution in [1.29, 1.82) is 0 Å². The van der Waals surface area contributed by atoms with Crippen LogP contribution in [0.5, 0.6) is 0 Å². The second-order valence-electron chi connectivity index (χ2n) is 5.12. The molecule has 16 heavy (non-hydrogen) atoms. The molecule has 0 spiro atoms. The van der Waals surface area contributed by atoms with Crippen LogP contribution in [-0.4, -0.2) is 42.1 Å². The van der Waals surface area contributed by atoms with Gasteiger partial charge in [-0.15, -0.1) is 0 Å². The molecule has 2 aliphatic heterocycles. The van der Waals surface area contributed by atoms with Gasteiger partial charge in [0.05, 0.1) is 6.10 Å². The summed E-state index contributed by atoms with van der Waals surface area (Å²) in [6, 6.07) is 0.768. The van der Waals surface area contributed by atoms with Crippen molar-refractivity contribution in [3.63, 3.8) is 0 Å². The molecule has 0 amide bonds. The fraction of sp³-hybridized carbons (Fsp3) is 1.00. The molecule has 2 aliphatic rings. The largest absolute Gasteiger partial charge is 0.378 e. The molecule has 2 atom stereocenters. The second kappa shape index (κ2) is 6.97. The monoisotopic (exact) mass is 289 g/mol. The Morgan fingerprint density at radius 2 is 2.06 bits per heavy atom. The number of halogens is 1. The Balaban J connectivity index is 1.75. The minimum atomic E-state index is 0.555. The zero-order chi connectivity index (χ0) is 11.2. The summed E-state index contributed by atoms with van der Waals surface area (Å²) in [7, 11) is 0. The molecule has 94 valence electrons. The lowest BCUT2D eigenvalue weighted by atomic mass is 10.1. The number of likely N-dealkylation sites (tertiary alicyclic amines) is 1. The summed E-state index contributed by atoms with van der Waals surface area (Å²) in [6.07, 6.45) is 9.93. The molecule has 0 aromatic rings. The molecule has 0 saturated carbocycles. The molecule has 2 nitrogen and oxygen atoms in total. The quantitative estimate of drug-likeness (QED) is 0.737. The van der Waals surface area contributed by atoms with Gasteiger partial charge in [0.25, 0.3) is 0 Å². The Hall–Kier alpha value is 0.400. The molecule has 2 heterocycles. The fourth-order valence-corrected chi connectivity index (χ4v) is 3.62. The first-order valence-electron chi connectivity index (χ1n) is 6.82. The maximum absolute atomic E-state index is 5.71. The van der Waals surface area contributed by atoms with Crippen molar-refractivity contribution in [2.24, 2.45) is 0 Å². The zero-order valence-electron chi connectivity index (χ0n) is 10.2. The molecule has 2 fully saturated rings. The van der Waals surface area contributed by atoms with Crippen molar-refractivity contribution < 1.29 is 4.74 Å². The first-order chi connectivity index (χ1) is 7.90. The van der Waals surface area contributed by atoms with Crippen molar-refractivity contribution in [2.75, 3.05) is 25.0 Å².